The van der Waals surface area contributed by atoms with Gasteiger partial charge in [-0.3, -0.25) is 14.3 Å². The van der Waals surface area contributed by atoms with Crippen molar-refractivity contribution in [2.24, 2.45) is 17.3 Å². The van der Waals surface area contributed by atoms with Gasteiger partial charge in [-0.05, 0) is 72.8 Å². The fraction of sp³-hybridized carbons (Fsp3) is 0.324. The number of hydrogen-bond acceptors (Lipinski definition) is 3. The quantitative estimate of drug-likeness (QED) is 0.305. The normalized spacial score (nSPS) is 23.1. The van der Waals surface area contributed by atoms with Crippen molar-refractivity contribution in [2.45, 2.75) is 51.1 Å². The number of carbonyl (C=O) groups excluding carboxylic acids is 1. The van der Waals surface area contributed by atoms with E-state index in [9.17, 15) is 14.7 Å². The zero-order valence-electron chi connectivity index (χ0n) is 22.3. The molecule has 3 fully saturated rings. The van der Waals surface area contributed by atoms with E-state index in [4.69, 9.17) is 5.10 Å². The van der Waals surface area contributed by atoms with Crippen LogP contribution in [0, 0.1) is 29.1 Å². The van der Waals surface area contributed by atoms with E-state index in [0.29, 0.717) is 18.0 Å². The Kier molecular flexibility index (Phi) is 5.96. The summed E-state index contributed by atoms with van der Waals surface area (Å²) >= 11 is 0. The van der Waals surface area contributed by atoms with Gasteiger partial charge in [0.25, 0.3) is 5.91 Å². The predicted molar refractivity (Wildman–Crippen MR) is 154 cm³/mol. The number of carboxylic acids is 1. The number of nitrogens with zero attached hydrogens (tertiary/aromatic N) is 2. The first kappa shape index (κ1) is 24.7. The number of aliphatic carboxylic acids is 1. The van der Waals surface area contributed by atoms with Crippen LogP contribution < -0.4 is 5.32 Å². The summed E-state index contributed by atoms with van der Waals surface area (Å²) in [5.74, 6) is 6.13. The van der Waals surface area contributed by atoms with Gasteiger partial charge in [0.2, 0.25) is 0 Å². The van der Waals surface area contributed by atoms with E-state index in [-0.39, 0.29) is 23.3 Å². The van der Waals surface area contributed by atoms with E-state index in [1.54, 1.807) is 0 Å². The van der Waals surface area contributed by atoms with Crippen molar-refractivity contribution in [2.75, 3.05) is 0 Å². The van der Waals surface area contributed by atoms with Crippen LogP contribution in [-0.4, -0.2) is 32.8 Å². The molecule has 40 heavy (non-hydrogen) atoms. The molecule has 3 aliphatic rings. The van der Waals surface area contributed by atoms with Gasteiger partial charge in [-0.15, -0.1) is 0 Å². The number of nitrogens with one attached hydrogen (secondary N) is 1. The number of carboxylic acid groups (broad SMARTS) is 1. The van der Waals surface area contributed by atoms with Crippen molar-refractivity contribution in [1.29, 1.82) is 0 Å². The maximum Gasteiger partial charge on any atom is 0.306 e. The fourth-order valence-electron chi connectivity index (χ4n) is 6.47. The van der Waals surface area contributed by atoms with Crippen LogP contribution in [0.4, 0.5) is 0 Å². The molecule has 0 bridgehead atoms. The van der Waals surface area contributed by atoms with Gasteiger partial charge in [0.15, 0.2) is 0 Å². The number of carbonyl (C=O) groups is 2. The lowest BCUT2D eigenvalue weighted by molar-refractivity contribution is -0.155. The number of aromatic nitrogens is 2. The SMILES string of the molecule is O=C(NC1CC2(C1)CC(C(=O)O)C2)c1ccc(C#CC2CC2)c2cnn(Cc3ccc(-c4ccccc4)cc3)c12. The molecule has 1 aromatic heterocycles. The Labute approximate surface area is 233 Å². The average Bonchev–Trinajstić information content (AvgIpc) is 3.67. The fourth-order valence-corrected chi connectivity index (χ4v) is 6.47. The Morgan fingerprint density at radius 3 is 2.38 bits per heavy atom. The highest BCUT2D eigenvalue weighted by molar-refractivity contribution is 6.07. The minimum absolute atomic E-state index is 0.0773. The molecule has 1 spiro atoms. The molecule has 0 radical (unpaired) electrons. The number of rotatable bonds is 6. The standard InChI is InChI=1S/C34H31N3O3/c38-32(36-28-18-34(19-28)16-27(17-34)33(39)40)29-15-14-26(13-8-22-6-7-22)30-20-35-37(31(29)30)21-23-9-11-25(12-10-23)24-4-2-1-3-5-24/h1-5,9-12,14-15,20,22,27-28H,6-7,16-19,21H2,(H,36,38)(H,39,40). The van der Waals surface area contributed by atoms with Crippen LogP contribution in [0.3, 0.4) is 0 Å². The summed E-state index contributed by atoms with van der Waals surface area (Å²) in [6.07, 6.45) is 7.30. The molecule has 6 heteroatoms. The van der Waals surface area contributed by atoms with Crippen LogP contribution in [-0.2, 0) is 11.3 Å². The van der Waals surface area contributed by atoms with Crippen molar-refractivity contribution in [1.82, 2.24) is 15.1 Å². The number of benzene rings is 3. The van der Waals surface area contributed by atoms with E-state index in [1.165, 1.54) is 5.56 Å². The van der Waals surface area contributed by atoms with Crippen LogP contribution in [0.1, 0.15) is 60.0 Å². The maximum absolute atomic E-state index is 13.6. The third kappa shape index (κ3) is 4.66. The van der Waals surface area contributed by atoms with Gasteiger partial charge in [0, 0.05) is 22.9 Å². The highest BCUT2D eigenvalue weighted by Crippen LogP contribution is 2.58. The molecular weight excluding hydrogens is 498 g/mol. The predicted octanol–water partition coefficient (Wildman–Crippen LogP) is 5.89. The van der Waals surface area contributed by atoms with E-state index >= 15 is 0 Å². The van der Waals surface area contributed by atoms with Crippen molar-refractivity contribution >= 4 is 22.8 Å². The third-order valence-corrected chi connectivity index (χ3v) is 8.83. The third-order valence-electron chi connectivity index (χ3n) is 8.83. The second kappa shape index (κ2) is 9.67. The number of hydrogen-bond donors (Lipinski definition) is 2. The molecule has 1 heterocycles. The van der Waals surface area contributed by atoms with Crippen molar-refractivity contribution in [3.8, 4) is 23.0 Å². The largest absolute Gasteiger partial charge is 0.481 e. The Balaban J connectivity index is 1.14. The summed E-state index contributed by atoms with van der Waals surface area (Å²) < 4.78 is 1.91. The molecule has 0 saturated heterocycles. The molecule has 1 amide bonds. The van der Waals surface area contributed by atoms with Gasteiger partial charge >= 0.3 is 5.97 Å². The van der Waals surface area contributed by atoms with E-state index in [0.717, 1.165) is 66.1 Å². The summed E-state index contributed by atoms with van der Waals surface area (Å²) in [5.41, 5.74) is 5.84. The average molecular weight is 530 g/mol. The topological polar surface area (TPSA) is 84.2 Å². The summed E-state index contributed by atoms with van der Waals surface area (Å²) in [5, 5.41) is 18.1. The molecule has 7 rings (SSSR count). The van der Waals surface area contributed by atoms with E-state index in [1.807, 2.05) is 41.2 Å². The van der Waals surface area contributed by atoms with Crippen molar-refractivity contribution in [3.05, 3.63) is 89.6 Å². The molecule has 200 valence electrons. The van der Waals surface area contributed by atoms with Crippen LogP contribution >= 0.6 is 0 Å². The van der Waals surface area contributed by atoms with Crippen LogP contribution in [0.2, 0.25) is 0 Å². The lowest BCUT2D eigenvalue weighted by atomic mass is 9.50. The number of fused-ring (bicyclic) bond motifs is 1. The van der Waals surface area contributed by atoms with Gasteiger partial charge < -0.3 is 10.4 Å². The molecule has 3 aromatic carbocycles. The molecule has 4 aromatic rings. The molecular formula is C34H31N3O3. The van der Waals surface area contributed by atoms with Gasteiger partial charge in [-0.25, -0.2) is 0 Å². The first-order valence-electron chi connectivity index (χ1n) is 14.1. The number of amides is 1. The zero-order chi connectivity index (χ0) is 27.3. The van der Waals surface area contributed by atoms with Gasteiger partial charge in [-0.2, -0.15) is 5.10 Å². The van der Waals surface area contributed by atoms with Crippen molar-refractivity contribution in [3.63, 3.8) is 0 Å². The molecule has 3 saturated carbocycles. The van der Waals surface area contributed by atoms with Crippen LogP contribution in [0.15, 0.2) is 72.9 Å². The molecule has 3 aliphatic carbocycles. The summed E-state index contributed by atoms with van der Waals surface area (Å²) in [4.78, 5) is 24.8. The minimum atomic E-state index is -0.701. The molecule has 0 aliphatic heterocycles. The van der Waals surface area contributed by atoms with E-state index < -0.39 is 5.97 Å². The second-order valence-corrected chi connectivity index (χ2v) is 11.9. The Hall–Kier alpha value is -4.37. The molecule has 2 N–H and O–H groups in total. The first-order chi connectivity index (χ1) is 19.5. The molecule has 6 nitrogen and oxygen atoms in total. The van der Waals surface area contributed by atoms with Gasteiger partial charge in [-0.1, -0.05) is 66.4 Å². The smallest absolute Gasteiger partial charge is 0.306 e. The maximum atomic E-state index is 13.6. The van der Waals surface area contributed by atoms with Crippen LogP contribution in [0.25, 0.3) is 22.0 Å². The lowest BCUT2D eigenvalue weighted by Gasteiger charge is -2.56. The molecule has 0 unspecified atom stereocenters. The monoisotopic (exact) mass is 529 g/mol. The minimum Gasteiger partial charge on any atom is -0.481 e. The zero-order valence-corrected chi connectivity index (χ0v) is 22.3. The lowest BCUT2D eigenvalue weighted by Crippen LogP contribution is -2.57. The van der Waals surface area contributed by atoms with Gasteiger partial charge in [0.1, 0.15) is 0 Å². The van der Waals surface area contributed by atoms with Crippen LogP contribution in [0.5, 0.6) is 0 Å². The Morgan fingerprint density at radius 2 is 1.68 bits per heavy atom. The summed E-state index contributed by atoms with van der Waals surface area (Å²) in [6.45, 7) is 0.543. The highest BCUT2D eigenvalue weighted by Gasteiger charge is 2.55. The van der Waals surface area contributed by atoms with Gasteiger partial charge in [0.05, 0.1) is 29.7 Å². The summed E-state index contributed by atoms with van der Waals surface area (Å²) in [7, 11) is 0. The summed E-state index contributed by atoms with van der Waals surface area (Å²) in [6, 6.07) is 22.7. The van der Waals surface area contributed by atoms with Crippen molar-refractivity contribution < 1.29 is 14.7 Å². The highest BCUT2D eigenvalue weighted by atomic mass is 16.4. The van der Waals surface area contributed by atoms with E-state index in [2.05, 4.69) is 53.6 Å². The Morgan fingerprint density at radius 1 is 0.950 bits per heavy atom. The second-order valence-electron chi connectivity index (χ2n) is 11.9. The Bertz CT molecular complexity index is 1660. The first-order valence-corrected chi connectivity index (χ1v) is 14.1. The molecule has 0 atom stereocenters.